The Morgan fingerprint density at radius 2 is 1.70 bits per heavy atom. The van der Waals surface area contributed by atoms with Gasteiger partial charge in [-0.25, -0.2) is 24.2 Å². The number of aromatic nitrogens is 4. The van der Waals surface area contributed by atoms with E-state index in [9.17, 15) is 14.7 Å². The van der Waals surface area contributed by atoms with Crippen LogP contribution in [0.25, 0.3) is 23.2 Å². The Morgan fingerprint density at radius 1 is 1.00 bits per heavy atom. The molecule has 3 fully saturated rings. The number of anilines is 1. The van der Waals surface area contributed by atoms with Gasteiger partial charge in [0.05, 0.1) is 23.3 Å². The van der Waals surface area contributed by atoms with Crippen molar-refractivity contribution < 1.29 is 33.6 Å². The molecule has 0 spiro atoms. The lowest BCUT2D eigenvalue weighted by atomic mass is 9.98. The molecule has 50 heavy (non-hydrogen) atoms. The highest BCUT2D eigenvalue weighted by Crippen LogP contribution is 2.45. The van der Waals surface area contributed by atoms with Crippen molar-refractivity contribution in [1.82, 2.24) is 19.7 Å². The first-order chi connectivity index (χ1) is 23.9. The van der Waals surface area contributed by atoms with Gasteiger partial charge < -0.3 is 24.1 Å². The number of carbonyl (C=O) groups excluding carboxylic acids is 1. The number of carbonyl (C=O) groups is 2. The van der Waals surface area contributed by atoms with Gasteiger partial charge in [-0.15, -0.1) is 0 Å². The molecule has 0 unspecified atom stereocenters. The molecule has 0 radical (unpaired) electrons. The van der Waals surface area contributed by atoms with Crippen molar-refractivity contribution in [3.63, 3.8) is 0 Å². The molecule has 3 aliphatic rings. The Morgan fingerprint density at radius 3 is 2.42 bits per heavy atom. The fraction of sp³-hybridized carbons (Fsp3) is 0.447. The van der Waals surface area contributed by atoms with E-state index < -0.39 is 48.0 Å². The third kappa shape index (κ3) is 6.87. The fourth-order valence-electron chi connectivity index (χ4n) is 7.13. The topological polar surface area (TPSA) is 138 Å². The monoisotopic (exact) mass is 681 g/mol. The minimum atomic E-state index is -1.01. The number of benzene rings is 2. The Kier molecular flexibility index (Phi) is 8.96. The van der Waals surface area contributed by atoms with Gasteiger partial charge in [-0.2, -0.15) is 5.10 Å². The zero-order valence-corrected chi connectivity index (χ0v) is 29.0. The Labute approximate surface area is 291 Å². The van der Waals surface area contributed by atoms with E-state index in [0.29, 0.717) is 28.2 Å². The normalized spacial score (nSPS) is 23.5. The molecule has 1 amide bonds. The van der Waals surface area contributed by atoms with Crippen LogP contribution in [0.5, 0.6) is 0 Å². The van der Waals surface area contributed by atoms with E-state index >= 15 is 0 Å². The molecule has 1 aliphatic carbocycles. The quantitative estimate of drug-likeness (QED) is 0.206. The second-order valence-electron chi connectivity index (χ2n) is 14.6. The number of aromatic carboxylic acids is 1. The predicted octanol–water partition coefficient (Wildman–Crippen LogP) is 7.04. The smallest absolute Gasteiger partial charge is 0.416 e. The number of carboxylic acids is 1. The van der Waals surface area contributed by atoms with Gasteiger partial charge in [-0.1, -0.05) is 67.4 Å². The molecule has 2 saturated heterocycles. The van der Waals surface area contributed by atoms with Crippen LogP contribution in [0.1, 0.15) is 93.8 Å². The molecule has 12 nitrogen and oxygen atoms in total. The highest BCUT2D eigenvalue weighted by Gasteiger charge is 2.56. The first-order valence-electron chi connectivity index (χ1n) is 17.2. The van der Waals surface area contributed by atoms with Gasteiger partial charge in [-0.3, -0.25) is 4.90 Å². The summed E-state index contributed by atoms with van der Waals surface area (Å²) in [6.45, 7) is 9.24. The lowest BCUT2D eigenvalue weighted by Gasteiger charge is -2.31. The van der Waals surface area contributed by atoms with Crippen LogP contribution in [-0.4, -0.2) is 72.7 Å². The summed E-state index contributed by atoms with van der Waals surface area (Å²) >= 11 is 0. The van der Waals surface area contributed by atoms with Crippen molar-refractivity contribution in [3.05, 3.63) is 83.3 Å². The van der Waals surface area contributed by atoms with Gasteiger partial charge in [-0.05, 0) is 70.7 Å². The van der Waals surface area contributed by atoms with E-state index in [4.69, 9.17) is 34.0 Å². The van der Waals surface area contributed by atoms with Crippen molar-refractivity contribution in [1.29, 1.82) is 0 Å². The molecule has 12 heteroatoms. The Bertz CT molecular complexity index is 1910. The Balaban J connectivity index is 1.33. The van der Waals surface area contributed by atoms with Gasteiger partial charge in [0.2, 0.25) is 0 Å². The number of amides is 1. The third-order valence-corrected chi connectivity index (χ3v) is 9.22. The number of fused-ring (bicyclic) bond motifs is 2. The summed E-state index contributed by atoms with van der Waals surface area (Å²) in [6.07, 6.45) is 6.47. The van der Waals surface area contributed by atoms with Gasteiger partial charge in [0.1, 0.15) is 17.8 Å². The highest BCUT2D eigenvalue weighted by molar-refractivity contribution is 5.98. The molecular formula is C38H43N5O7. The van der Waals surface area contributed by atoms with E-state index in [-0.39, 0.29) is 18.0 Å². The molecule has 1 saturated carbocycles. The van der Waals surface area contributed by atoms with Crippen molar-refractivity contribution in [2.75, 3.05) is 4.90 Å². The molecule has 4 heterocycles. The number of rotatable bonds is 8. The first-order valence-corrected chi connectivity index (χ1v) is 17.2. The van der Waals surface area contributed by atoms with Crippen LogP contribution >= 0.6 is 0 Å². The van der Waals surface area contributed by atoms with Gasteiger partial charge >= 0.3 is 12.1 Å². The molecule has 1 N–H and O–H groups in total. The van der Waals surface area contributed by atoms with Crippen LogP contribution in [0.3, 0.4) is 0 Å². The predicted molar refractivity (Wildman–Crippen MR) is 187 cm³/mol. The summed E-state index contributed by atoms with van der Waals surface area (Å²) in [5, 5.41) is 15.2. The molecule has 2 aromatic heterocycles. The average Bonchev–Trinajstić information content (AvgIpc) is 3.85. The second kappa shape index (κ2) is 13.2. The van der Waals surface area contributed by atoms with Crippen molar-refractivity contribution in [3.8, 4) is 0 Å². The SMILES string of the molecule is CC(C)(C)OC(=O)N(c1nc(/C=C/c2ccccc2)nc2c1cnn2[C@@H]1O[C@H](Cc2ccccc2C(=O)O)[C@H]2OC(C)(C)O[C@H]21)C1CCCC1. The molecule has 4 atom stereocenters. The zero-order chi connectivity index (χ0) is 35.2. The van der Waals surface area contributed by atoms with E-state index in [1.807, 2.05) is 83.2 Å². The molecule has 7 rings (SSSR count). The molecule has 2 aromatic carbocycles. The lowest BCUT2D eigenvalue weighted by Crippen LogP contribution is -2.43. The summed E-state index contributed by atoms with van der Waals surface area (Å²) in [7, 11) is 0. The maximum Gasteiger partial charge on any atom is 0.416 e. The minimum absolute atomic E-state index is 0.101. The molecule has 0 bridgehead atoms. The molecular weight excluding hydrogens is 638 g/mol. The Hall–Kier alpha value is -4.65. The lowest BCUT2D eigenvalue weighted by molar-refractivity contribution is -0.197. The molecule has 2 aliphatic heterocycles. The van der Waals surface area contributed by atoms with Crippen LogP contribution in [0.2, 0.25) is 0 Å². The average molecular weight is 682 g/mol. The number of ether oxygens (including phenoxy) is 4. The van der Waals surface area contributed by atoms with Gasteiger partial charge in [0, 0.05) is 12.5 Å². The third-order valence-electron chi connectivity index (χ3n) is 9.22. The maximum atomic E-state index is 14.0. The van der Waals surface area contributed by atoms with Gasteiger partial charge in [0.15, 0.2) is 29.3 Å². The maximum absolute atomic E-state index is 14.0. The first kappa shape index (κ1) is 33.8. The summed E-state index contributed by atoms with van der Waals surface area (Å²) < 4.78 is 27.1. The summed E-state index contributed by atoms with van der Waals surface area (Å²) in [5.74, 6) is -1.12. The van der Waals surface area contributed by atoms with Crippen LogP contribution in [0.4, 0.5) is 10.6 Å². The standard InChI is InChI=1S/C38H43N5O7/c1-37(2,3)50-36(46)42(25-16-10-11-17-25)32-27-22-39-43(33(27)41-29(40-32)20-19-23-13-7-6-8-14-23)34-31-30(48-38(4,5)49-31)28(47-34)21-24-15-9-12-18-26(24)35(44)45/h6-9,12-15,18-20,22,25,28,30-31,34H,10-11,16-17,21H2,1-5H3,(H,44,45)/b20-19+/t28-,30-,31-,34-/m1/s1. The minimum Gasteiger partial charge on any atom is -0.478 e. The highest BCUT2D eigenvalue weighted by atomic mass is 16.8. The zero-order valence-electron chi connectivity index (χ0n) is 29.0. The van der Waals surface area contributed by atoms with Crippen molar-refractivity contribution in [2.24, 2.45) is 0 Å². The molecule has 4 aromatic rings. The number of hydrogen-bond donors (Lipinski definition) is 1. The summed E-state index contributed by atoms with van der Waals surface area (Å²) in [5.41, 5.74) is 1.55. The van der Waals surface area contributed by atoms with Crippen LogP contribution < -0.4 is 4.90 Å². The van der Waals surface area contributed by atoms with E-state index in [2.05, 4.69) is 0 Å². The van der Waals surface area contributed by atoms with Crippen molar-refractivity contribution in [2.45, 2.75) is 109 Å². The number of carboxylic acid groups (broad SMARTS) is 1. The fourth-order valence-corrected chi connectivity index (χ4v) is 7.13. The van der Waals surface area contributed by atoms with Crippen LogP contribution in [0.15, 0.2) is 60.8 Å². The van der Waals surface area contributed by atoms with E-state index in [1.54, 1.807) is 34.0 Å². The number of hydrogen-bond acceptors (Lipinski definition) is 9. The van der Waals surface area contributed by atoms with Crippen LogP contribution in [-0.2, 0) is 25.4 Å². The number of nitrogens with zero attached hydrogens (tertiary/aromatic N) is 5. The summed E-state index contributed by atoms with van der Waals surface area (Å²) in [4.78, 5) is 37.6. The van der Waals surface area contributed by atoms with Crippen molar-refractivity contribution >= 4 is 41.1 Å². The van der Waals surface area contributed by atoms with Crippen LogP contribution in [0, 0.1) is 0 Å². The second-order valence-corrected chi connectivity index (χ2v) is 14.6. The summed E-state index contributed by atoms with van der Waals surface area (Å²) in [6, 6.07) is 16.6. The van der Waals surface area contributed by atoms with E-state index in [1.165, 1.54) is 0 Å². The van der Waals surface area contributed by atoms with Gasteiger partial charge in [0.25, 0.3) is 0 Å². The van der Waals surface area contributed by atoms with E-state index in [0.717, 1.165) is 31.2 Å². The largest absolute Gasteiger partial charge is 0.478 e. The molecule has 262 valence electrons.